The van der Waals surface area contributed by atoms with E-state index in [0.717, 1.165) is 5.56 Å². The summed E-state index contributed by atoms with van der Waals surface area (Å²) in [5.74, 6) is 0.552. The minimum Gasteiger partial charge on any atom is -0.496 e. The van der Waals surface area contributed by atoms with Gasteiger partial charge in [0.15, 0.2) is 0 Å². The van der Waals surface area contributed by atoms with Crippen molar-refractivity contribution in [2.45, 2.75) is 19.9 Å². The second-order valence-electron chi connectivity index (χ2n) is 4.82. The van der Waals surface area contributed by atoms with E-state index in [9.17, 15) is 9.90 Å². The van der Waals surface area contributed by atoms with Crippen LogP contribution in [0.1, 0.15) is 17.0 Å². The minimum atomic E-state index is -0.154. The first-order valence-corrected chi connectivity index (χ1v) is 6.94. The van der Waals surface area contributed by atoms with Gasteiger partial charge in [-0.25, -0.2) is 4.63 Å². The molecule has 0 saturated carbocycles. The lowest BCUT2D eigenvalue weighted by atomic mass is 10.1. The molecule has 7 heteroatoms. The number of carbonyl (C=O) groups is 1. The number of methoxy groups -OCH3 is 1. The monoisotopic (exact) mass is 305 g/mol. The lowest BCUT2D eigenvalue weighted by molar-refractivity contribution is -0.131. The average Bonchev–Trinajstić information content (AvgIpc) is 2.92. The van der Waals surface area contributed by atoms with Gasteiger partial charge in [-0.1, -0.05) is 28.5 Å². The van der Waals surface area contributed by atoms with Gasteiger partial charge >= 0.3 is 0 Å². The third kappa shape index (κ3) is 3.82. The molecule has 0 unspecified atom stereocenters. The quantitative estimate of drug-likeness (QED) is 0.819. The second kappa shape index (κ2) is 7.56. The molecule has 2 aromatic rings. The molecule has 0 aliphatic carbocycles. The van der Waals surface area contributed by atoms with Gasteiger partial charge in [0.2, 0.25) is 5.91 Å². The molecule has 0 spiro atoms. The van der Waals surface area contributed by atoms with Crippen molar-refractivity contribution in [3.63, 3.8) is 0 Å². The van der Waals surface area contributed by atoms with Gasteiger partial charge in [0, 0.05) is 18.7 Å². The number of aliphatic hydroxyl groups is 1. The average molecular weight is 305 g/mol. The third-order valence-electron chi connectivity index (χ3n) is 3.34. The van der Waals surface area contributed by atoms with E-state index >= 15 is 0 Å². The predicted octanol–water partition coefficient (Wildman–Crippen LogP) is 0.950. The zero-order chi connectivity index (χ0) is 15.9. The minimum absolute atomic E-state index is 0.0878. The maximum atomic E-state index is 12.4. The van der Waals surface area contributed by atoms with Gasteiger partial charge in [-0.3, -0.25) is 4.79 Å². The number of amides is 1. The summed E-state index contributed by atoms with van der Waals surface area (Å²) in [7, 11) is 1.58. The van der Waals surface area contributed by atoms with Crippen molar-refractivity contribution in [2.24, 2.45) is 0 Å². The van der Waals surface area contributed by atoms with E-state index in [1.807, 2.05) is 24.3 Å². The number of ether oxygens (including phenoxy) is 1. The van der Waals surface area contributed by atoms with Crippen LogP contribution in [0.25, 0.3) is 0 Å². The molecule has 1 amide bonds. The van der Waals surface area contributed by atoms with Crippen molar-refractivity contribution >= 4 is 5.91 Å². The van der Waals surface area contributed by atoms with Crippen LogP contribution in [-0.2, 0) is 17.8 Å². The van der Waals surface area contributed by atoms with Crippen LogP contribution in [0.4, 0.5) is 0 Å². The molecule has 1 aromatic carbocycles. The lowest BCUT2D eigenvalue weighted by Crippen LogP contribution is -2.34. The van der Waals surface area contributed by atoms with Crippen molar-refractivity contribution in [2.75, 3.05) is 20.3 Å². The van der Waals surface area contributed by atoms with Crippen LogP contribution < -0.4 is 4.74 Å². The van der Waals surface area contributed by atoms with Crippen LogP contribution in [0.2, 0.25) is 0 Å². The molecule has 0 fully saturated rings. The van der Waals surface area contributed by atoms with E-state index in [1.165, 1.54) is 0 Å². The molecule has 118 valence electrons. The Morgan fingerprint density at radius 2 is 2.14 bits per heavy atom. The SMILES string of the molecule is COc1ccccc1CN(CCO)C(=O)Cc1nonc1C. The van der Waals surface area contributed by atoms with Crippen molar-refractivity contribution in [1.82, 2.24) is 15.2 Å². The first-order chi connectivity index (χ1) is 10.7. The fourth-order valence-electron chi connectivity index (χ4n) is 2.12. The van der Waals surface area contributed by atoms with Gasteiger partial charge in [-0.15, -0.1) is 0 Å². The zero-order valence-electron chi connectivity index (χ0n) is 12.7. The highest BCUT2D eigenvalue weighted by molar-refractivity contribution is 5.78. The van der Waals surface area contributed by atoms with Gasteiger partial charge < -0.3 is 14.7 Å². The summed E-state index contributed by atoms with van der Waals surface area (Å²) in [5, 5.41) is 16.6. The fourth-order valence-corrected chi connectivity index (χ4v) is 2.12. The van der Waals surface area contributed by atoms with E-state index in [-0.39, 0.29) is 25.5 Å². The summed E-state index contributed by atoms with van der Waals surface area (Å²) in [6, 6.07) is 7.47. The van der Waals surface area contributed by atoms with Crippen molar-refractivity contribution in [3.8, 4) is 5.75 Å². The van der Waals surface area contributed by atoms with Crippen molar-refractivity contribution in [1.29, 1.82) is 0 Å². The number of benzene rings is 1. The maximum absolute atomic E-state index is 12.4. The summed E-state index contributed by atoms with van der Waals surface area (Å²) in [5.41, 5.74) is 1.98. The Morgan fingerprint density at radius 3 is 2.77 bits per heavy atom. The molecule has 1 aromatic heterocycles. The van der Waals surface area contributed by atoms with Crippen LogP contribution in [0.15, 0.2) is 28.9 Å². The molecule has 1 N–H and O–H groups in total. The number of nitrogens with zero attached hydrogens (tertiary/aromatic N) is 3. The normalized spacial score (nSPS) is 10.5. The number of aryl methyl sites for hydroxylation is 1. The Bertz CT molecular complexity index is 627. The van der Waals surface area contributed by atoms with E-state index in [1.54, 1.807) is 18.9 Å². The Balaban J connectivity index is 2.12. The van der Waals surface area contributed by atoms with Crippen LogP contribution in [0.3, 0.4) is 0 Å². The van der Waals surface area contributed by atoms with Gasteiger partial charge in [-0.2, -0.15) is 0 Å². The summed E-state index contributed by atoms with van der Waals surface area (Å²) in [6.07, 6.45) is 0.0878. The van der Waals surface area contributed by atoms with Crippen molar-refractivity contribution in [3.05, 3.63) is 41.2 Å². The summed E-state index contributed by atoms with van der Waals surface area (Å²) in [6.45, 7) is 2.21. The third-order valence-corrected chi connectivity index (χ3v) is 3.34. The molecule has 7 nitrogen and oxygen atoms in total. The number of hydrogen-bond acceptors (Lipinski definition) is 6. The molecule has 0 atom stereocenters. The maximum Gasteiger partial charge on any atom is 0.229 e. The van der Waals surface area contributed by atoms with Crippen LogP contribution >= 0.6 is 0 Å². The lowest BCUT2D eigenvalue weighted by Gasteiger charge is -2.22. The van der Waals surface area contributed by atoms with Gasteiger partial charge in [-0.05, 0) is 13.0 Å². The molecule has 0 aliphatic heterocycles. The number of rotatable bonds is 7. The first-order valence-electron chi connectivity index (χ1n) is 6.94. The fraction of sp³-hybridized carbons (Fsp3) is 0.400. The van der Waals surface area contributed by atoms with E-state index in [0.29, 0.717) is 23.7 Å². The predicted molar refractivity (Wildman–Crippen MR) is 78.2 cm³/mol. The van der Waals surface area contributed by atoms with Gasteiger partial charge in [0.1, 0.15) is 17.1 Å². The highest BCUT2D eigenvalue weighted by Gasteiger charge is 2.19. The molecule has 22 heavy (non-hydrogen) atoms. The Hall–Kier alpha value is -2.41. The number of aromatic nitrogens is 2. The molecule has 0 radical (unpaired) electrons. The molecule has 0 bridgehead atoms. The number of para-hydroxylation sites is 1. The zero-order valence-corrected chi connectivity index (χ0v) is 12.7. The number of hydrogen-bond donors (Lipinski definition) is 1. The highest BCUT2D eigenvalue weighted by Crippen LogP contribution is 2.19. The van der Waals surface area contributed by atoms with Crippen molar-refractivity contribution < 1.29 is 19.3 Å². The molecular weight excluding hydrogens is 286 g/mol. The summed E-state index contributed by atoms with van der Waals surface area (Å²) in [4.78, 5) is 14.0. The topological polar surface area (TPSA) is 88.7 Å². The first kappa shape index (κ1) is 16.0. The summed E-state index contributed by atoms with van der Waals surface area (Å²) >= 11 is 0. The largest absolute Gasteiger partial charge is 0.496 e. The molecule has 0 saturated heterocycles. The molecular formula is C15H19N3O4. The molecule has 1 heterocycles. The van der Waals surface area contributed by atoms with Crippen LogP contribution in [0.5, 0.6) is 5.75 Å². The van der Waals surface area contributed by atoms with Crippen LogP contribution in [0, 0.1) is 6.92 Å². The highest BCUT2D eigenvalue weighted by atomic mass is 16.6. The van der Waals surface area contributed by atoms with Gasteiger partial charge in [0.05, 0.1) is 20.1 Å². The summed E-state index contributed by atoms with van der Waals surface area (Å²) < 4.78 is 9.89. The van der Waals surface area contributed by atoms with E-state index < -0.39 is 0 Å². The van der Waals surface area contributed by atoms with Crippen LogP contribution in [-0.4, -0.2) is 46.5 Å². The second-order valence-corrected chi connectivity index (χ2v) is 4.82. The van der Waals surface area contributed by atoms with Gasteiger partial charge in [0.25, 0.3) is 0 Å². The van der Waals surface area contributed by atoms with E-state index in [4.69, 9.17) is 4.74 Å². The molecule has 2 rings (SSSR count). The Labute approximate surface area is 128 Å². The Kier molecular flexibility index (Phi) is 5.48. The molecule has 0 aliphatic rings. The number of carbonyl (C=O) groups excluding carboxylic acids is 1. The number of aliphatic hydroxyl groups excluding tert-OH is 1. The Morgan fingerprint density at radius 1 is 1.36 bits per heavy atom. The smallest absolute Gasteiger partial charge is 0.229 e. The van der Waals surface area contributed by atoms with E-state index in [2.05, 4.69) is 14.9 Å². The standard InChI is InChI=1S/C15H19N3O4/c1-11-13(17-22-16-11)9-15(20)18(7-8-19)10-12-5-3-4-6-14(12)21-2/h3-6,19H,7-10H2,1-2H3.